The molecule has 0 aliphatic carbocycles. The van der Waals surface area contributed by atoms with Gasteiger partial charge in [-0.1, -0.05) is 79.7 Å². The third-order valence-electron chi connectivity index (χ3n) is 5.15. The molecule has 0 N–H and O–H groups in total. The first-order chi connectivity index (χ1) is 13.1. The maximum Gasteiger partial charge on any atom is 0.417 e. The highest BCUT2D eigenvalue weighted by Crippen LogP contribution is 2.31. The molecule has 4 rings (SSSR count). The summed E-state index contributed by atoms with van der Waals surface area (Å²) >= 11 is 0. The van der Waals surface area contributed by atoms with Gasteiger partial charge < -0.3 is 4.74 Å². The van der Waals surface area contributed by atoms with E-state index in [0.717, 1.165) is 16.5 Å². The van der Waals surface area contributed by atoms with E-state index in [4.69, 9.17) is 4.74 Å². The molecule has 136 valence electrons. The molecule has 1 fully saturated rings. The summed E-state index contributed by atoms with van der Waals surface area (Å²) in [6.07, 6.45) is -0.295. The number of cyclic esters (lactones) is 1. The maximum atomic E-state index is 12.9. The van der Waals surface area contributed by atoms with Gasteiger partial charge >= 0.3 is 6.09 Å². The second-order valence-electron chi connectivity index (χ2n) is 6.98. The second kappa shape index (κ2) is 7.23. The van der Waals surface area contributed by atoms with E-state index in [1.54, 1.807) is 0 Å². The number of benzene rings is 3. The first kappa shape index (κ1) is 17.3. The fourth-order valence-electron chi connectivity index (χ4n) is 3.61. The molecular formula is C23H21NO3. The predicted molar refractivity (Wildman–Crippen MR) is 104 cm³/mol. The highest BCUT2D eigenvalue weighted by molar-refractivity contribution is 5.94. The fraction of sp³-hybridized carbons (Fsp3) is 0.217. The lowest BCUT2D eigenvalue weighted by Crippen LogP contribution is -2.34. The van der Waals surface area contributed by atoms with Gasteiger partial charge in [-0.05, 0) is 27.8 Å². The topological polar surface area (TPSA) is 46.6 Å². The normalized spacial score (nSPS) is 17.7. The Kier molecular flexibility index (Phi) is 4.63. The van der Waals surface area contributed by atoms with E-state index in [-0.39, 0.29) is 30.9 Å². The average molecular weight is 359 g/mol. The molecule has 27 heavy (non-hydrogen) atoms. The van der Waals surface area contributed by atoms with Crippen LogP contribution in [0.5, 0.6) is 0 Å². The molecule has 3 aromatic carbocycles. The third-order valence-corrected chi connectivity index (χ3v) is 5.15. The van der Waals surface area contributed by atoms with Crippen molar-refractivity contribution in [2.45, 2.75) is 25.3 Å². The van der Waals surface area contributed by atoms with Gasteiger partial charge in [0.05, 0.1) is 0 Å². The molecule has 1 saturated heterocycles. The number of nitrogens with zero attached hydrogens (tertiary/aromatic N) is 1. The van der Waals surface area contributed by atoms with Crippen molar-refractivity contribution in [3.63, 3.8) is 0 Å². The van der Waals surface area contributed by atoms with Gasteiger partial charge in [-0.2, -0.15) is 0 Å². The van der Waals surface area contributed by atoms with Crippen LogP contribution < -0.4 is 0 Å². The number of carbonyl (C=O) groups is 2. The van der Waals surface area contributed by atoms with Gasteiger partial charge in [0.15, 0.2) is 0 Å². The Morgan fingerprint density at radius 1 is 1.04 bits per heavy atom. The van der Waals surface area contributed by atoms with Crippen molar-refractivity contribution in [3.8, 4) is 0 Å². The smallest absolute Gasteiger partial charge is 0.417 e. The van der Waals surface area contributed by atoms with Crippen LogP contribution in [-0.4, -0.2) is 23.5 Å². The van der Waals surface area contributed by atoms with Gasteiger partial charge in [-0.3, -0.25) is 4.79 Å². The Labute approximate surface area is 158 Å². The van der Waals surface area contributed by atoms with E-state index < -0.39 is 6.09 Å². The van der Waals surface area contributed by atoms with Crippen molar-refractivity contribution >= 4 is 22.8 Å². The van der Waals surface area contributed by atoms with E-state index in [9.17, 15) is 9.59 Å². The van der Waals surface area contributed by atoms with Crippen LogP contribution in [0.3, 0.4) is 0 Å². The van der Waals surface area contributed by atoms with Crippen LogP contribution in [0.1, 0.15) is 36.4 Å². The quantitative estimate of drug-likeness (QED) is 0.654. The number of fused-ring (bicyclic) bond motifs is 1. The average Bonchev–Trinajstić information content (AvgIpc) is 3.09. The number of carbonyl (C=O) groups excluding carboxylic acids is 2. The van der Waals surface area contributed by atoms with Gasteiger partial charge in [0.1, 0.15) is 12.6 Å². The zero-order valence-corrected chi connectivity index (χ0v) is 15.2. The molecule has 0 spiro atoms. The Bertz CT molecular complexity index is 983. The molecule has 0 unspecified atom stereocenters. The van der Waals surface area contributed by atoms with Crippen LogP contribution >= 0.6 is 0 Å². The van der Waals surface area contributed by atoms with Crippen LogP contribution in [-0.2, 0) is 9.53 Å². The van der Waals surface area contributed by atoms with Gasteiger partial charge in [0.2, 0.25) is 5.91 Å². The van der Waals surface area contributed by atoms with E-state index in [1.165, 1.54) is 10.3 Å². The summed E-state index contributed by atoms with van der Waals surface area (Å²) in [5.74, 6) is -0.195. The summed E-state index contributed by atoms with van der Waals surface area (Å²) < 4.78 is 5.16. The van der Waals surface area contributed by atoms with Gasteiger partial charge in [-0.25, -0.2) is 9.69 Å². The number of amides is 2. The Hall–Kier alpha value is -3.14. The largest absolute Gasteiger partial charge is 0.446 e. The Balaban J connectivity index is 1.53. The standard InChI is InChI=1S/C23H21NO3/c1-16(19-12-11-17-7-5-6-10-20(17)14-19)13-22(25)24-21(15-27-23(24)26)18-8-3-2-4-9-18/h2-12,14,16,21H,13,15H2,1H3/t16-,21+/m0/s1. The van der Waals surface area contributed by atoms with Gasteiger partial charge in [-0.15, -0.1) is 0 Å². The summed E-state index contributed by atoms with van der Waals surface area (Å²) in [5, 5.41) is 2.32. The van der Waals surface area contributed by atoms with E-state index >= 15 is 0 Å². The molecule has 0 aromatic heterocycles. The van der Waals surface area contributed by atoms with Gasteiger partial charge in [0, 0.05) is 6.42 Å². The van der Waals surface area contributed by atoms with Crippen LogP contribution in [0, 0.1) is 0 Å². The van der Waals surface area contributed by atoms with E-state index in [1.807, 2.05) is 49.4 Å². The Morgan fingerprint density at radius 2 is 1.74 bits per heavy atom. The highest BCUT2D eigenvalue weighted by Gasteiger charge is 2.39. The monoisotopic (exact) mass is 359 g/mol. The van der Waals surface area contributed by atoms with E-state index in [0.29, 0.717) is 0 Å². The third kappa shape index (κ3) is 3.43. The minimum Gasteiger partial charge on any atom is -0.446 e. The zero-order valence-electron chi connectivity index (χ0n) is 15.2. The number of rotatable bonds is 4. The van der Waals surface area contributed by atoms with Crippen LogP contribution in [0.4, 0.5) is 4.79 Å². The minimum absolute atomic E-state index is 0.00642. The van der Waals surface area contributed by atoms with Crippen molar-refractivity contribution in [1.82, 2.24) is 4.90 Å². The molecule has 3 aromatic rings. The fourth-order valence-corrected chi connectivity index (χ4v) is 3.61. The van der Waals surface area contributed by atoms with Crippen molar-refractivity contribution in [2.24, 2.45) is 0 Å². The molecular weight excluding hydrogens is 338 g/mol. The minimum atomic E-state index is -0.556. The first-order valence-electron chi connectivity index (χ1n) is 9.16. The highest BCUT2D eigenvalue weighted by atomic mass is 16.6. The summed E-state index contributed by atoms with van der Waals surface area (Å²) in [6, 6.07) is 23.6. The van der Waals surface area contributed by atoms with Crippen molar-refractivity contribution in [3.05, 3.63) is 83.9 Å². The molecule has 0 bridgehead atoms. The number of hydrogen-bond acceptors (Lipinski definition) is 3. The predicted octanol–water partition coefficient (Wildman–Crippen LogP) is 5.05. The molecule has 1 aliphatic heterocycles. The zero-order chi connectivity index (χ0) is 18.8. The number of ether oxygens (including phenoxy) is 1. The SMILES string of the molecule is C[C@@H](CC(=O)N1C(=O)OC[C@@H]1c1ccccc1)c1ccc2ccccc2c1. The summed E-state index contributed by atoms with van der Waals surface area (Å²) in [7, 11) is 0. The molecule has 4 nitrogen and oxygen atoms in total. The van der Waals surface area contributed by atoms with Crippen LogP contribution in [0.25, 0.3) is 10.8 Å². The molecule has 0 saturated carbocycles. The van der Waals surface area contributed by atoms with Crippen molar-refractivity contribution in [1.29, 1.82) is 0 Å². The first-order valence-corrected chi connectivity index (χ1v) is 9.16. The lowest BCUT2D eigenvalue weighted by atomic mass is 9.94. The maximum absolute atomic E-state index is 12.9. The van der Waals surface area contributed by atoms with Crippen molar-refractivity contribution < 1.29 is 14.3 Å². The van der Waals surface area contributed by atoms with Gasteiger partial charge in [0.25, 0.3) is 0 Å². The molecule has 2 atom stereocenters. The summed E-state index contributed by atoms with van der Waals surface area (Å²) in [5.41, 5.74) is 2.00. The van der Waals surface area contributed by atoms with Crippen molar-refractivity contribution in [2.75, 3.05) is 6.61 Å². The van der Waals surface area contributed by atoms with Crippen LogP contribution in [0.15, 0.2) is 72.8 Å². The lowest BCUT2D eigenvalue weighted by molar-refractivity contribution is -0.129. The second-order valence-corrected chi connectivity index (χ2v) is 6.98. The molecule has 1 aliphatic rings. The van der Waals surface area contributed by atoms with E-state index in [2.05, 4.69) is 30.3 Å². The summed E-state index contributed by atoms with van der Waals surface area (Å²) in [6.45, 7) is 2.22. The number of imide groups is 1. The molecule has 0 radical (unpaired) electrons. The van der Waals surface area contributed by atoms with Crippen LogP contribution in [0.2, 0.25) is 0 Å². The Morgan fingerprint density at radius 3 is 2.52 bits per heavy atom. The molecule has 4 heteroatoms. The lowest BCUT2D eigenvalue weighted by Gasteiger charge is -2.22. The number of hydrogen-bond donors (Lipinski definition) is 0. The molecule has 1 heterocycles. The summed E-state index contributed by atoms with van der Waals surface area (Å²) in [4.78, 5) is 26.4. The molecule has 2 amide bonds.